The molecular formula is C20H17F6NO3. The standard InChI is InChI=1S/C20H17F6NO3/c21-19(22,23)14-7-3-1-5-12(14)16-27-17(30-11-18(27,9-28)10-29-16)13-6-2-4-8-15(13)20(24,25)26/h1-8,16-17,28H,9-11H2/t16-,17?,18?/m1/s1. The first kappa shape index (κ1) is 21.1. The molecule has 3 atom stereocenters. The second-order valence-electron chi connectivity index (χ2n) is 7.29. The van der Waals surface area contributed by atoms with Crippen molar-refractivity contribution in [1.82, 2.24) is 4.90 Å². The number of aliphatic hydroxyl groups excluding tert-OH is 1. The molecule has 0 amide bonds. The number of benzene rings is 2. The second kappa shape index (κ2) is 7.23. The van der Waals surface area contributed by atoms with Gasteiger partial charge in [-0.3, -0.25) is 0 Å². The average Bonchev–Trinajstić information content (AvgIpc) is 3.24. The summed E-state index contributed by atoms with van der Waals surface area (Å²) in [6, 6.07) is 9.42. The van der Waals surface area contributed by atoms with Crippen LogP contribution in [0.15, 0.2) is 48.5 Å². The summed E-state index contributed by atoms with van der Waals surface area (Å²) in [6.45, 7) is -0.932. The molecule has 30 heavy (non-hydrogen) atoms. The molecular weight excluding hydrogens is 416 g/mol. The Bertz CT molecular complexity index is 860. The van der Waals surface area contributed by atoms with Crippen LogP contribution in [0.3, 0.4) is 0 Å². The van der Waals surface area contributed by atoms with Crippen LogP contribution in [-0.4, -0.2) is 35.4 Å². The second-order valence-corrected chi connectivity index (χ2v) is 7.29. The monoisotopic (exact) mass is 433 g/mol. The molecule has 2 aliphatic heterocycles. The lowest BCUT2D eigenvalue weighted by Gasteiger charge is -2.34. The fraction of sp³-hybridized carbons (Fsp3) is 0.400. The molecule has 0 radical (unpaired) electrons. The SMILES string of the molecule is OCC12COC(c3ccccc3C(F)(F)F)N1[C@@H](c1ccccc1C(F)(F)F)OC2. The Morgan fingerprint density at radius 1 is 0.800 bits per heavy atom. The summed E-state index contributed by atoms with van der Waals surface area (Å²) in [4.78, 5) is 1.28. The van der Waals surface area contributed by atoms with Crippen molar-refractivity contribution in [1.29, 1.82) is 0 Å². The summed E-state index contributed by atoms with van der Waals surface area (Å²) in [7, 11) is 0. The number of ether oxygens (including phenoxy) is 2. The third-order valence-corrected chi connectivity index (χ3v) is 5.43. The molecule has 4 rings (SSSR count). The van der Waals surface area contributed by atoms with Gasteiger partial charge in [-0.25, -0.2) is 4.90 Å². The maximum atomic E-state index is 13.6. The van der Waals surface area contributed by atoms with Gasteiger partial charge in [-0.2, -0.15) is 26.3 Å². The number of fused-ring (bicyclic) bond motifs is 1. The van der Waals surface area contributed by atoms with E-state index in [-0.39, 0.29) is 24.3 Å². The third-order valence-electron chi connectivity index (χ3n) is 5.43. The van der Waals surface area contributed by atoms with Crippen LogP contribution >= 0.6 is 0 Å². The zero-order chi connectivity index (χ0) is 21.7. The molecule has 0 spiro atoms. The maximum absolute atomic E-state index is 13.6. The topological polar surface area (TPSA) is 41.9 Å². The van der Waals surface area contributed by atoms with E-state index in [0.29, 0.717) is 0 Å². The highest BCUT2D eigenvalue weighted by Gasteiger charge is 2.58. The quantitative estimate of drug-likeness (QED) is 0.724. The normalized spacial score (nSPS) is 27.4. The number of rotatable bonds is 3. The summed E-state index contributed by atoms with van der Waals surface area (Å²) in [6.07, 6.45) is -12.1. The van der Waals surface area contributed by atoms with E-state index in [4.69, 9.17) is 9.47 Å². The van der Waals surface area contributed by atoms with Gasteiger partial charge in [0.2, 0.25) is 0 Å². The Morgan fingerprint density at radius 2 is 1.20 bits per heavy atom. The van der Waals surface area contributed by atoms with Crippen molar-refractivity contribution in [2.24, 2.45) is 0 Å². The van der Waals surface area contributed by atoms with Gasteiger partial charge in [-0.1, -0.05) is 36.4 Å². The van der Waals surface area contributed by atoms with Gasteiger partial charge in [-0.15, -0.1) is 0 Å². The lowest BCUT2D eigenvalue weighted by molar-refractivity contribution is -0.143. The number of aliphatic hydroxyl groups is 1. The number of alkyl halides is 6. The van der Waals surface area contributed by atoms with Crippen molar-refractivity contribution in [3.05, 3.63) is 70.8 Å². The van der Waals surface area contributed by atoms with Crippen LogP contribution < -0.4 is 0 Å². The van der Waals surface area contributed by atoms with E-state index in [1.807, 2.05) is 0 Å². The number of nitrogens with zero attached hydrogens (tertiary/aromatic N) is 1. The van der Waals surface area contributed by atoms with Gasteiger partial charge in [0.15, 0.2) is 0 Å². The molecule has 0 aliphatic carbocycles. The maximum Gasteiger partial charge on any atom is 0.416 e. The van der Waals surface area contributed by atoms with Crippen molar-refractivity contribution in [3.63, 3.8) is 0 Å². The van der Waals surface area contributed by atoms with E-state index >= 15 is 0 Å². The molecule has 2 unspecified atom stereocenters. The van der Waals surface area contributed by atoms with Gasteiger partial charge in [0.25, 0.3) is 0 Å². The first-order valence-electron chi connectivity index (χ1n) is 9.03. The number of hydrogen-bond acceptors (Lipinski definition) is 4. The molecule has 0 bridgehead atoms. The van der Waals surface area contributed by atoms with Crippen molar-refractivity contribution in [2.75, 3.05) is 19.8 Å². The van der Waals surface area contributed by atoms with E-state index in [0.717, 1.165) is 12.1 Å². The lowest BCUT2D eigenvalue weighted by Crippen LogP contribution is -2.48. The van der Waals surface area contributed by atoms with Gasteiger partial charge in [0.1, 0.15) is 12.5 Å². The largest absolute Gasteiger partial charge is 0.416 e. The smallest absolute Gasteiger partial charge is 0.394 e. The molecule has 162 valence electrons. The minimum atomic E-state index is -4.69. The minimum Gasteiger partial charge on any atom is -0.394 e. The molecule has 2 fully saturated rings. The first-order valence-corrected chi connectivity index (χ1v) is 9.03. The Balaban J connectivity index is 1.83. The summed E-state index contributed by atoms with van der Waals surface area (Å²) in [5, 5.41) is 9.97. The summed E-state index contributed by atoms with van der Waals surface area (Å²) in [5.41, 5.74) is -3.68. The fourth-order valence-electron chi connectivity index (χ4n) is 4.03. The van der Waals surface area contributed by atoms with Crippen LogP contribution in [0.1, 0.15) is 34.7 Å². The highest BCUT2D eigenvalue weighted by Crippen LogP contribution is 2.52. The van der Waals surface area contributed by atoms with Crippen molar-refractivity contribution in [2.45, 2.75) is 30.3 Å². The van der Waals surface area contributed by atoms with Gasteiger partial charge in [-0.05, 0) is 12.1 Å². The molecule has 10 heteroatoms. The highest BCUT2D eigenvalue weighted by molar-refractivity contribution is 5.36. The molecule has 4 nitrogen and oxygen atoms in total. The first-order chi connectivity index (χ1) is 14.1. The predicted octanol–water partition coefficient (Wildman–Crippen LogP) is 4.52. The van der Waals surface area contributed by atoms with Crippen LogP contribution in [0.5, 0.6) is 0 Å². The van der Waals surface area contributed by atoms with Crippen molar-refractivity contribution >= 4 is 0 Å². The Labute approximate surface area is 167 Å². The Morgan fingerprint density at radius 3 is 1.57 bits per heavy atom. The minimum absolute atomic E-state index is 0.189. The van der Waals surface area contributed by atoms with Gasteiger partial charge >= 0.3 is 12.4 Å². The zero-order valence-corrected chi connectivity index (χ0v) is 15.4. The molecule has 2 aliphatic rings. The number of hydrogen-bond donors (Lipinski definition) is 1. The van der Waals surface area contributed by atoms with Crippen LogP contribution in [0.4, 0.5) is 26.3 Å². The molecule has 0 aromatic heterocycles. The van der Waals surface area contributed by atoms with E-state index in [2.05, 4.69) is 0 Å². The summed E-state index contributed by atoms with van der Waals surface area (Å²) < 4.78 is 92.6. The molecule has 2 heterocycles. The van der Waals surface area contributed by atoms with E-state index in [9.17, 15) is 31.4 Å². The van der Waals surface area contributed by atoms with Crippen LogP contribution in [0.2, 0.25) is 0 Å². The zero-order valence-electron chi connectivity index (χ0n) is 15.4. The van der Waals surface area contributed by atoms with Crippen LogP contribution in [0.25, 0.3) is 0 Å². The third kappa shape index (κ3) is 3.37. The van der Waals surface area contributed by atoms with Crippen LogP contribution in [-0.2, 0) is 21.8 Å². The van der Waals surface area contributed by atoms with E-state index in [1.54, 1.807) is 0 Å². The van der Waals surface area contributed by atoms with E-state index < -0.39 is 48.1 Å². The fourth-order valence-corrected chi connectivity index (χ4v) is 4.03. The highest BCUT2D eigenvalue weighted by atomic mass is 19.4. The Kier molecular flexibility index (Phi) is 5.08. The van der Waals surface area contributed by atoms with Crippen molar-refractivity contribution < 1.29 is 40.9 Å². The molecule has 2 aromatic carbocycles. The van der Waals surface area contributed by atoms with Gasteiger partial charge < -0.3 is 14.6 Å². The molecule has 2 saturated heterocycles. The Hall–Kier alpha value is -2.14. The summed E-state index contributed by atoms with van der Waals surface area (Å²) >= 11 is 0. The summed E-state index contributed by atoms with van der Waals surface area (Å²) in [5.74, 6) is 0. The molecule has 2 aromatic rings. The molecule has 0 saturated carbocycles. The molecule has 1 N–H and O–H groups in total. The van der Waals surface area contributed by atoms with Gasteiger partial charge in [0.05, 0.1) is 36.5 Å². The predicted molar refractivity (Wildman–Crippen MR) is 91.9 cm³/mol. The van der Waals surface area contributed by atoms with Gasteiger partial charge in [0, 0.05) is 11.1 Å². The average molecular weight is 433 g/mol. The number of halogens is 6. The van der Waals surface area contributed by atoms with E-state index in [1.165, 1.54) is 41.3 Å². The van der Waals surface area contributed by atoms with Crippen LogP contribution in [0, 0.1) is 0 Å². The van der Waals surface area contributed by atoms with Crippen molar-refractivity contribution in [3.8, 4) is 0 Å². The lowest BCUT2D eigenvalue weighted by atomic mass is 9.98.